The van der Waals surface area contributed by atoms with Gasteiger partial charge in [0.15, 0.2) is 5.69 Å². The third kappa shape index (κ3) is 3.08. The van der Waals surface area contributed by atoms with Gasteiger partial charge in [-0.3, -0.25) is 9.59 Å². The topological polar surface area (TPSA) is 92.4 Å². The maximum atomic E-state index is 11.5. The molecule has 0 aromatic carbocycles. The van der Waals surface area contributed by atoms with Crippen LogP contribution in [-0.2, 0) is 4.79 Å². The average Bonchev–Trinajstić information content (AvgIpc) is 2.54. The Morgan fingerprint density at radius 1 is 1.44 bits per heavy atom. The van der Waals surface area contributed by atoms with Gasteiger partial charge >= 0.3 is 5.97 Å². The Morgan fingerprint density at radius 2 is 2.12 bits per heavy atom. The standard InChI is InChI=1S/C10H14N2O4/c1-6-7(2)16-12-9(6)10(15)11-5-3-4-8(13)14/h3-5H2,1-2H3,(H,11,15)(H,13,14). The smallest absolute Gasteiger partial charge is 0.303 e. The number of rotatable bonds is 5. The number of hydrogen-bond acceptors (Lipinski definition) is 4. The summed E-state index contributed by atoms with van der Waals surface area (Å²) >= 11 is 0. The van der Waals surface area contributed by atoms with Gasteiger partial charge in [-0.15, -0.1) is 0 Å². The summed E-state index contributed by atoms with van der Waals surface area (Å²) in [4.78, 5) is 21.8. The third-order valence-corrected chi connectivity index (χ3v) is 2.23. The lowest BCUT2D eigenvalue weighted by atomic mass is 10.2. The molecular weight excluding hydrogens is 212 g/mol. The molecule has 0 bridgehead atoms. The number of carboxylic acids is 1. The summed E-state index contributed by atoms with van der Waals surface area (Å²) in [6.07, 6.45) is 0.439. The highest BCUT2D eigenvalue weighted by Crippen LogP contribution is 2.10. The zero-order valence-electron chi connectivity index (χ0n) is 9.24. The molecule has 0 radical (unpaired) electrons. The Balaban J connectivity index is 2.41. The van der Waals surface area contributed by atoms with Crippen LogP contribution in [0.15, 0.2) is 4.52 Å². The highest BCUT2D eigenvalue weighted by atomic mass is 16.5. The fraction of sp³-hybridized carbons (Fsp3) is 0.500. The van der Waals surface area contributed by atoms with E-state index in [-0.39, 0.29) is 18.0 Å². The van der Waals surface area contributed by atoms with E-state index in [0.29, 0.717) is 24.3 Å². The maximum absolute atomic E-state index is 11.5. The van der Waals surface area contributed by atoms with Crippen molar-refractivity contribution in [2.75, 3.05) is 6.54 Å². The normalized spacial score (nSPS) is 10.1. The van der Waals surface area contributed by atoms with Crippen LogP contribution in [-0.4, -0.2) is 28.7 Å². The van der Waals surface area contributed by atoms with Gasteiger partial charge in [-0.25, -0.2) is 0 Å². The first-order valence-electron chi connectivity index (χ1n) is 4.95. The second-order valence-corrected chi connectivity index (χ2v) is 3.47. The van der Waals surface area contributed by atoms with Crippen LogP contribution in [0.4, 0.5) is 0 Å². The molecule has 0 atom stereocenters. The van der Waals surface area contributed by atoms with Crippen LogP contribution in [0.3, 0.4) is 0 Å². The number of carbonyl (C=O) groups is 2. The minimum absolute atomic E-state index is 0.0388. The molecular formula is C10H14N2O4. The molecule has 0 aliphatic heterocycles. The van der Waals surface area contributed by atoms with Gasteiger partial charge in [-0.2, -0.15) is 0 Å². The van der Waals surface area contributed by atoms with E-state index in [1.165, 1.54) is 0 Å². The number of aliphatic carboxylic acids is 1. The number of aryl methyl sites for hydroxylation is 1. The van der Waals surface area contributed by atoms with E-state index >= 15 is 0 Å². The molecule has 6 nitrogen and oxygen atoms in total. The van der Waals surface area contributed by atoms with Gasteiger partial charge in [0, 0.05) is 18.5 Å². The van der Waals surface area contributed by atoms with Gasteiger partial charge in [0.05, 0.1) is 0 Å². The van der Waals surface area contributed by atoms with Crippen LogP contribution in [0, 0.1) is 13.8 Å². The molecule has 2 N–H and O–H groups in total. The van der Waals surface area contributed by atoms with Crippen LogP contribution < -0.4 is 5.32 Å². The van der Waals surface area contributed by atoms with E-state index in [0.717, 1.165) is 0 Å². The maximum Gasteiger partial charge on any atom is 0.303 e. The van der Waals surface area contributed by atoms with Crippen molar-refractivity contribution in [1.82, 2.24) is 10.5 Å². The van der Waals surface area contributed by atoms with Crippen molar-refractivity contribution in [2.45, 2.75) is 26.7 Å². The van der Waals surface area contributed by atoms with Crippen molar-refractivity contribution < 1.29 is 19.2 Å². The first kappa shape index (κ1) is 12.2. The van der Waals surface area contributed by atoms with Crippen LogP contribution in [0.2, 0.25) is 0 Å². The highest BCUT2D eigenvalue weighted by molar-refractivity contribution is 5.93. The molecule has 0 aliphatic carbocycles. The van der Waals surface area contributed by atoms with E-state index in [1.54, 1.807) is 13.8 Å². The fourth-order valence-electron chi connectivity index (χ4n) is 1.15. The molecule has 0 fully saturated rings. The number of aromatic nitrogens is 1. The summed E-state index contributed by atoms with van der Waals surface area (Å²) in [5.41, 5.74) is 0.962. The van der Waals surface area contributed by atoms with Gasteiger partial charge in [0.2, 0.25) is 0 Å². The van der Waals surface area contributed by atoms with Gasteiger partial charge in [0.1, 0.15) is 5.76 Å². The molecule has 0 saturated carbocycles. The predicted octanol–water partition coefficient (Wildman–Crippen LogP) is 0.886. The van der Waals surface area contributed by atoms with Gasteiger partial charge in [-0.05, 0) is 20.3 Å². The summed E-state index contributed by atoms with van der Waals surface area (Å²) in [6.45, 7) is 3.79. The monoisotopic (exact) mass is 226 g/mol. The molecule has 0 unspecified atom stereocenters. The molecule has 1 rings (SSSR count). The van der Waals surface area contributed by atoms with E-state index in [4.69, 9.17) is 9.63 Å². The molecule has 1 amide bonds. The Kier molecular flexibility index (Phi) is 4.04. The Bertz CT molecular complexity index is 398. The Morgan fingerprint density at radius 3 is 2.62 bits per heavy atom. The fourth-order valence-corrected chi connectivity index (χ4v) is 1.15. The molecule has 1 heterocycles. The summed E-state index contributed by atoms with van der Waals surface area (Å²) in [7, 11) is 0. The molecule has 16 heavy (non-hydrogen) atoms. The van der Waals surface area contributed by atoms with E-state index in [2.05, 4.69) is 10.5 Å². The number of hydrogen-bond donors (Lipinski definition) is 2. The van der Waals surface area contributed by atoms with E-state index < -0.39 is 5.97 Å². The number of carbonyl (C=O) groups excluding carboxylic acids is 1. The highest BCUT2D eigenvalue weighted by Gasteiger charge is 2.15. The SMILES string of the molecule is Cc1onc(C(=O)NCCCC(=O)O)c1C. The van der Waals surface area contributed by atoms with E-state index in [1.807, 2.05) is 0 Å². The van der Waals surface area contributed by atoms with Gasteiger partial charge in [0.25, 0.3) is 5.91 Å². The zero-order chi connectivity index (χ0) is 12.1. The van der Waals surface area contributed by atoms with Crippen molar-refractivity contribution in [3.63, 3.8) is 0 Å². The third-order valence-electron chi connectivity index (χ3n) is 2.23. The first-order chi connectivity index (χ1) is 7.52. The summed E-state index contributed by atoms with van der Waals surface area (Å²) < 4.78 is 4.86. The van der Waals surface area contributed by atoms with Crippen molar-refractivity contribution >= 4 is 11.9 Å². The van der Waals surface area contributed by atoms with Crippen molar-refractivity contribution in [1.29, 1.82) is 0 Å². The van der Waals surface area contributed by atoms with Crippen molar-refractivity contribution in [3.05, 3.63) is 17.0 Å². The van der Waals surface area contributed by atoms with Crippen LogP contribution in [0.1, 0.15) is 34.7 Å². The summed E-state index contributed by atoms with van der Waals surface area (Å²) in [5.74, 6) is -0.599. The Labute approximate surface area is 92.6 Å². The number of amides is 1. The van der Waals surface area contributed by atoms with Gasteiger partial charge < -0.3 is 14.9 Å². The van der Waals surface area contributed by atoms with Crippen LogP contribution in [0.5, 0.6) is 0 Å². The van der Waals surface area contributed by atoms with E-state index in [9.17, 15) is 9.59 Å². The largest absolute Gasteiger partial charge is 0.481 e. The lowest BCUT2D eigenvalue weighted by Crippen LogP contribution is -2.25. The Hall–Kier alpha value is -1.85. The molecule has 0 spiro atoms. The second kappa shape index (κ2) is 5.29. The minimum Gasteiger partial charge on any atom is -0.481 e. The summed E-state index contributed by atoms with van der Waals surface area (Å²) in [5, 5.41) is 14.6. The average molecular weight is 226 g/mol. The number of nitrogens with zero attached hydrogens (tertiary/aromatic N) is 1. The van der Waals surface area contributed by atoms with Crippen molar-refractivity contribution in [3.8, 4) is 0 Å². The summed E-state index contributed by atoms with van der Waals surface area (Å²) in [6, 6.07) is 0. The lowest BCUT2D eigenvalue weighted by molar-refractivity contribution is -0.137. The first-order valence-corrected chi connectivity index (χ1v) is 4.95. The number of nitrogens with one attached hydrogen (secondary N) is 1. The van der Waals surface area contributed by atoms with Gasteiger partial charge in [-0.1, -0.05) is 5.16 Å². The zero-order valence-corrected chi connectivity index (χ0v) is 9.24. The molecule has 1 aromatic heterocycles. The molecule has 0 saturated heterocycles. The molecule has 1 aromatic rings. The van der Waals surface area contributed by atoms with Crippen LogP contribution >= 0.6 is 0 Å². The minimum atomic E-state index is -0.872. The lowest BCUT2D eigenvalue weighted by Gasteiger charge is -2.01. The predicted molar refractivity (Wildman–Crippen MR) is 55.2 cm³/mol. The quantitative estimate of drug-likeness (QED) is 0.727. The molecule has 88 valence electrons. The second-order valence-electron chi connectivity index (χ2n) is 3.47. The van der Waals surface area contributed by atoms with Crippen molar-refractivity contribution in [2.24, 2.45) is 0 Å². The number of carboxylic acid groups (broad SMARTS) is 1. The van der Waals surface area contributed by atoms with Crippen LogP contribution in [0.25, 0.3) is 0 Å². The molecule has 0 aliphatic rings. The molecule has 6 heteroatoms.